The monoisotopic (exact) mass is 347 g/mol. The molecule has 2 aromatic rings. The highest BCUT2D eigenvalue weighted by Crippen LogP contribution is 2.36. The number of likely N-dealkylation sites (tertiary alicyclic amines) is 1. The normalized spacial score (nSPS) is 17.4. The van der Waals surface area contributed by atoms with E-state index in [4.69, 9.17) is 4.74 Å². The van der Waals surface area contributed by atoms with Crippen LogP contribution in [0.25, 0.3) is 5.57 Å². The number of aryl methyl sites for hydroxylation is 1. The standard InChI is InChI=1S/C19H25NOS2/c1-14(21-3)12-20-8-4-16(5-9-20)19(17-6-10-22-13-17)18-7-11-23-15(18)2/h6-7,10-11,13-14H,4-5,8-9,12H2,1-3H3. The number of thiophene rings is 2. The van der Waals surface area contributed by atoms with Crippen molar-refractivity contribution in [2.24, 2.45) is 0 Å². The molecule has 0 N–H and O–H groups in total. The Balaban J connectivity index is 1.84. The van der Waals surface area contributed by atoms with Crippen LogP contribution in [0.2, 0.25) is 0 Å². The predicted molar refractivity (Wildman–Crippen MR) is 102 cm³/mol. The van der Waals surface area contributed by atoms with Gasteiger partial charge >= 0.3 is 0 Å². The van der Waals surface area contributed by atoms with Gasteiger partial charge in [0.05, 0.1) is 6.10 Å². The first-order valence-corrected chi connectivity index (χ1v) is 10.1. The van der Waals surface area contributed by atoms with Crippen LogP contribution in [-0.4, -0.2) is 37.7 Å². The summed E-state index contributed by atoms with van der Waals surface area (Å²) in [6.07, 6.45) is 2.64. The van der Waals surface area contributed by atoms with Crippen molar-refractivity contribution in [3.8, 4) is 0 Å². The first kappa shape index (κ1) is 16.9. The molecule has 3 rings (SSSR count). The molecule has 124 valence electrons. The lowest BCUT2D eigenvalue weighted by Crippen LogP contribution is -2.36. The minimum atomic E-state index is 0.316. The van der Waals surface area contributed by atoms with Crippen LogP contribution in [0.3, 0.4) is 0 Å². The zero-order chi connectivity index (χ0) is 16.2. The SMILES string of the molecule is COC(C)CN1CCC(=C(c2ccsc2)c2ccsc2C)CC1. The summed E-state index contributed by atoms with van der Waals surface area (Å²) in [5.74, 6) is 0. The van der Waals surface area contributed by atoms with Gasteiger partial charge in [-0.25, -0.2) is 0 Å². The van der Waals surface area contributed by atoms with Gasteiger partial charge in [-0.2, -0.15) is 11.3 Å². The molecular weight excluding hydrogens is 322 g/mol. The first-order chi connectivity index (χ1) is 11.2. The Bertz CT molecular complexity index is 647. The van der Waals surface area contributed by atoms with Gasteiger partial charge in [0.25, 0.3) is 0 Å². The van der Waals surface area contributed by atoms with Crippen molar-refractivity contribution < 1.29 is 4.74 Å². The Morgan fingerprint density at radius 3 is 2.61 bits per heavy atom. The van der Waals surface area contributed by atoms with Crippen molar-refractivity contribution in [1.82, 2.24) is 4.90 Å². The maximum atomic E-state index is 5.41. The Kier molecular flexibility index (Phi) is 5.70. The molecule has 0 spiro atoms. The van der Waals surface area contributed by atoms with Gasteiger partial charge in [0, 0.05) is 31.6 Å². The highest BCUT2D eigenvalue weighted by molar-refractivity contribution is 7.10. The molecule has 0 amide bonds. The third-order valence-electron chi connectivity index (χ3n) is 4.67. The Hall–Kier alpha value is -0.940. The summed E-state index contributed by atoms with van der Waals surface area (Å²) in [4.78, 5) is 3.96. The summed E-state index contributed by atoms with van der Waals surface area (Å²) in [6.45, 7) is 7.70. The van der Waals surface area contributed by atoms with Crippen LogP contribution >= 0.6 is 22.7 Å². The number of methoxy groups -OCH3 is 1. The average Bonchev–Trinajstić information content (AvgIpc) is 3.22. The van der Waals surface area contributed by atoms with Crippen LogP contribution in [0.1, 0.15) is 35.8 Å². The van der Waals surface area contributed by atoms with Crippen molar-refractivity contribution in [3.63, 3.8) is 0 Å². The Labute approximate surface area is 147 Å². The molecule has 4 heteroatoms. The molecular formula is C19H25NOS2. The summed E-state index contributed by atoms with van der Waals surface area (Å²) < 4.78 is 5.41. The van der Waals surface area contributed by atoms with E-state index >= 15 is 0 Å². The van der Waals surface area contributed by atoms with Gasteiger partial charge < -0.3 is 9.64 Å². The van der Waals surface area contributed by atoms with E-state index in [1.165, 1.54) is 21.6 Å². The van der Waals surface area contributed by atoms with Gasteiger partial charge in [0.15, 0.2) is 0 Å². The Morgan fingerprint density at radius 2 is 2.04 bits per heavy atom. The van der Waals surface area contributed by atoms with Crippen molar-refractivity contribution in [1.29, 1.82) is 0 Å². The molecule has 1 fully saturated rings. The second-order valence-corrected chi connectivity index (χ2v) is 8.13. The molecule has 0 radical (unpaired) electrons. The third-order valence-corrected chi connectivity index (χ3v) is 6.20. The molecule has 1 aliphatic heterocycles. The highest BCUT2D eigenvalue weighted by atomic mass is 32.1. The highest BCUT2D eigenvalue weighted by Gasteiger charge is 2.21. The maximum absolute atomic E-state index is 5.41. The van der Waals surface area contributed by atoms with Gasteiger partial charge in [0.1, 0.15) is 0 Å². The molecule has 0 bridgehead atoms. The van der Waals surface area contributed by atoms with E-state index in [1.807, 2.05) is 11.3 Å². The lowest BCUT2D eigenvalue weighted by atomic mass is 9.90. The molecule has 3 heterocycles. The minimum Gasteiger partial charge on any atom is -0.380 e. The lowest BCUT2D eigenvalue weighted by molar-refractivity contribution is 0.0742. The van der Waals surface area contributed by atoms with E-state index in [0.717, 1.165) is 32.5 Å². The van der Waals surface area contributed by atoms with Gasteiger partial charge in [-0.3, -0.25) is 0 Å². The number of rotatable bonds is 5. The lowest BCUT2D eigenvalue weighted by Gasteiger charge is -2.31. The van der Waals surface area contributed by atoms with Gasteiger partial charge in [-0.05, 0) is 71.7 Å². The molecule has 0 saturated carbocycles. The Morgan fingerprint density at radius 1 is 1.26 bits per heavy atom. The van der Waals surface area contributed by atoms with E-state index < -0.39 is 0 Å². The summed E-state index contributed by atoms with van der Waals surface area (Å²) in [6, 6.07) is 4.56. The second kappa shape index (κ2) is 7.75. The largest absolute Gasteiger partial charge is 0.380 e. The molecule has 2 aromatic heterocycles. The molecule has 23 heavy (non-hydrogen) atoms. The fourth-order valence-electron chi connectivity index (χ4n) is 3.29. The maximum Gasteiger partial charge on any atom is 0.0670 e. The van der Waals surface area contributed by atoms with E-state index in [2.05, 4.69) is 47.0 Å². The van der Waals surface area contributed by atoms with Crippen LogP contribution in [0, 0.1) is 6.92 Å². The van der Waals surface area contributed by atoms with Gasteiger partial charge in [-0.15, -0.1) is 11.3 Å². The van der Waals surface area contributed by atoms with Gasteiger partial charge in [-0.1, -0.05) is 5.57 Å². The van der Waals surface area contributed by atoms with Crippen molar-refractivity contribution in [2.75, 3.05) is 26.7 Å². The van der Waals surface area contributed by atoms with Gasteiger partial charge in [0.2, 0.25) is 0 Å². The number of nitrogens with zero attached hydrogens (tertiary/aromatic N) is 1. The van der Waals surface area contributed by atoms with Crippen molar-refractivity contribution in [2.45, 2.75) is 32.8 Å². The average molecular weight is 348 g/mol. The molecule has 0 aliphatic carbocycles. The smallest absolute Gasteiger partial charge is 0.0670 e. The molecule has 1 atom stereocenters. The van der Waals surface area contributed by atoms with Crippen LogP contribution in [0.5, 0.6) is 0 Å². The minimum absolute atomic E-state index is 0.316. The van der Waals surface area contributed by atoms with E-state index in [0.29, 0.717) is 6.10 Å². The van der Waals surface area contributed by atoms with E-state index in [1.54, 1.807) is 24.0 Å². The fourth-order valence-corrected chi connectivity index (χ4v) is 4.65. The number of hydrogen-bond acceptors (Lipinski definition) is 4. The summed E-state index contributed by atoms with van der Waals surface area (Å²) >= 11 is 3.64. The van der Waals surface area contributed by atoms with Crippen molar-refractivity contribution >= 4 is 28.2 Å². The zero-order valence-electron chi connectivity index (χ0n) is 14.2. The number of ether oxygens (including phenoxy) is 1. The number of hydrogen-bond donors (Lipinski definition) is 0. The second-order valence-electron chi connectivity index (χ2n) is 6.23. The van der Waals surface area contributed by atoms with Crippen LogP contribution in [0.15, 0.2) is 33.8 Å². The number of piperidine rings is 1. The van der Waals surface area contributed by atoms with Crippen LogP contribution < -0.4 is 0 Å². The molecule has 1 aliphatic rings. The quantitative estimate of drug-likeness (QED) is 0.750. The topological polar surface area (TPSA) is 12.5 Å². The summed E-state index contributed by atoms with van der Waals surface area (Å²) in [5, 5.41) is 6.69. The van der Waals surface area contributed by atoms with E-state index in [-0.39, 0.29) is 0 Å². The zero-order valence-corrected chi connectivity index (χ0v) is 15.8. The van der Waals surface area contributed by atoms with Crippen LogP contribution in [0.4, 0.5) is 0 Å². The molecule has 1 unspecified atom stereocenters. The first-order valence-electron chi connectivity index (χ1n) is 8.23. The third kappa shape index (κ3) is 3.94. The predicted octanol–water partition coefficient (Wildman–Crippen LogP) is 5.05. The van der Waals surface area contributed by atoms with Crippen LogP contribution in [-0.2, 0) is 4.74 Å². The van der Waals surface area contributed by atoms with E-state index in [9.17, 15) is 0 Å². The van der Waals surface area contributed by atoms with Crippen molar-refractivity contribution in [3.05, 3.63) is 49.9 Å². The molecule has 0 aromatic carbocycles. The summed E-state index contributed by atoms with van der Waals surface area (Å²) in [7, 11) is 1.80. The molecule has 1 saturated heterocycles. The molecule has 2 nitrogen and oxygen atoms in total. The summed E-state index contributed by atoms with van der Waals surface area (Å²) in [5.41, 5.74) is 5.93. The fraction of sp³-hybridized carbons (Fsp3) is 0.474.